The van der Waals surface area contributed by atoms with E-state index in [-0.39, 0.29) is 0 Å². The predicted octanol–water partition coefficient (Wildman–Crippen LogP) is 4.17. The number of hydrogen-bond donors (Lipinski definition) is 3. The summed E-state index contributed by atoms with van der Waals surface area (Å²) in [5.74, 6) is 1.20. The number of nitrogens with zero attached hydrogens (tertiary/aromatic N) is 4. The molecule has 0 saturated carbocycles. The van der Waals surface area contributed by atoms with Gasteiger partial charge in [0.1, 0.15) is 0 Å². The lowest BCUT2D eigenvalue weighted by molar-refractivity contribution is 0.743. The Morgan fingerprint density at radius 3 is 2.74 bits per heavy atom. The Bertz CT molecular complexity index is 1010. The highest BCUT2D eigenvalue weighted by atomic mass is 15.3. The Morgan fingerprint density at radius 2 is 2.11 bits per heavy atom. The van der Waals surface area contributed by atoms with E-state index >= 15 is 0 Å². The lowest BCUT2D eigenvalue weighted by Crippen LogP contribution is -2.10. The number of fused-ring (bicyclic) bond motifs is 1. The van der Waals surface area contributed by atoms with E-state index in [4.69, 9.17) is 4.99 Å². The Kier molecular flexibility index (Phi) is 5.40. The highest BCUT2D eigenvalue weighted by Gasteiger charge is 2.11. The molecule has 0 radical (unpaired) electrons. The van der Waals surface area contributed by atoms with Crippen molar-refractivity contribution in [1.82, 2.24) is 14.8 Å². The van der Waals surface area contributed by atoms with Gasteiger partial charge in [-0.3, -0.25) is 4.68 Å². The summed E-state index contributed by atoms with van der Waals surface area (Å²) in [5, 5.41) is 11.9. The first-order valence-corrected chi connectivity index (χ1v) is 8.87. The number of allylic oxidation sites excluding steroid dienone is 1. The molecule has 0 amide bonds. The maximum Gasteiger partial charge on any atom is 0.228 e. The number of guanidine groups is 1. The number of para-hydroxylation sites is 1. The van der Waals surface area contributed by atoms with Crippen LogP contribution in [0, 0.1) is 6.92 Å². The fraction of sp³-hybridized carbons (Fsp3) is 0.250. The second-order valence-electron chi connectivity index (χ2n) is 6.10. The summed E-state index contributed by atoms with van der Waals surface area (Å²) in [7, 11) is 3.82. The molecule has 0 bridgehead atoms. The van der Waals surface area contributed by atoms with E-state index in [0.717, 1.165) is 33.5 Å². The minimum Gasteiger partial charge on any atom is -0.386 e. The standard InChI is InChI=1S/C20H25N7/c1-6-16(15-12-23-19-14(15)9-8-10-17(19)21-4)24-20(22-7-2)25-18-11-13(3)27(5)26-18/h6-12,21,23H,1-5H3,(H,24,25,26)/b16-6+,22-7-. The van der Waals surface area contributed by atoms with Crippen LogP contribution in [0.4, 0.5) is 11.5 Å². The van der Waals surface area contributed by atoms with E-state index in [2.05, 4.69) is 31.8 Å². The van der Waals surface area contributed by atoms with Crippen LogP contribution in [0.1, 0.15) is 25.1 Å². The third-order valence-electron chi connectivity index (χ3n) is 4.37. The van der Waals surface area contributed by atoms with E-state index < -0.39 is 0 Å². The first-order chi connectivity index (χ1) is 13.1. The summed E-state index contributed by atoms with van der Waals surface area (Å²) in [6.07, 6.45) is 5.66. The quantitative estimate of drug-likeness (QED) is 0.480. The van der Waals surface area contributed by atoms with E-state index in [1.54, 1.807) is 6.21 Å². The van der Waals surface area contributed by atoms with Crippen molar-refractivity contribution in [2.75, 3.05) is 17.7 Å². The minimum absolute atomic E-state index is 0.489. The van der Waals surface area contributed by atoms with Crippen molar-refractivity contribution in [3.05, 3.63) is 47.8 Å². The molecular formula is C20H25N7. The minimum atomic E-state index is 0.489. The van der Waals surface area contributed by atoms with Gasteiger partial charge >= 0.3 is 0 Å². The molecule has 2 heterocycles. The molecule has 3 aromatic rings. The van der Waals surface area contributed by atoms with Gasteiger partial charge < -0.3 is 15.6 Å². The lowest BCUT2D eigenvalue weighted by Gasteiger charge is -2.06. The zero-order valence-electron chi connectivity index (χ0n) is 16.3. The number of hydrogen-bond acceptors (Lipinski definition) is 3. The van der Waals surface area contributed by atoms with Crippen molar-refractivity contribution >= 4 is 40.3 Å². The number of aromatic nitrogens is 3. The Hall–Kier alpha value is -3.35. The number of aromatic amines is 1. The highest BCUT2D eigenvalue weighted by molar-refractivity contribution is 6.04. The molecule has 0 aliphatic heterocycles. The van der Waals surface area contributed by atoms with Crippen LogP contribution in [0.2, 0.25) is 0 Å². The van der Waals surface area contributed by atoms with E-state index in [0.29, 0.717) is 11.8 Å². The van der Waals surface area contributed by atoms with Crippen LogP contribution in [-0.2, 0) is 7.05 Å². The van der Waals surface area contributed by atoms with Crippen LogP contribution in [0.3, 0.4) is 0 Å². The van der Waals surface area contributed by atoms with Crippen LogP contribution in [0.15, 0.2) is 46.5 Å². The van der Waals surface area contributed by atoms with Crippen molar-refractivity contribution in [3.8, 4) is 0 Å². The van der Waals surface area contributed by atoms with Crippen molar-refractivity contribution in [2.45, 2.75) is 20.8 Å². The molecule has 0 aliphatic rings. The summed E-state index contributed by atoms with van der Waals surface area (Å²) < 4.78 is 1.81. The van der Waals surface area contributed by atoms with Gasteiger partial charge in [0.15, 0.2) is 5.82 Å². The smallest absolute Gasteiger partial charge is 0.228 e. The van der Waals surface area contributed by atoms with Crippen molar-refractivity contribution in [2.24, 2.45) is 17.0 Å². The van der Waals surface area contributed by atoms with Crippen molar-refractivity contribution < 1.29 is 0 Å². The number of aliphatic imine (C=N–C) groups is 2. The monoisotopic (exact) mass is 363 g/mol. The van der Waals surface area contributed by atoms with Crippen LogP contribution in [0.5, 0.6) is 0 Å². The van der Waals surface area contributed by atoms with E-state index in [9.17, 15) is 0 Å². The molecule has 0 atom stereocenters. The van der Waals surface area contributed by atoms with Gasteiger partial charge in [-0.25, -0.2) is 9.98 Å². The van der Waals surface area contributed by atoms with E-state index in [1.807, 2.05) is 70.0 Å². The number of aryl methyl sites for hydroxylation is 2. The zero-order valence-corrected chi connectivity index (χ0v) is 16.3. The van der Waals surface area contributed by atoms with Gasteiger partial charge in [-0.05, 0) is 26.8 Å². The third-order valence-corrected chi connectivity index (χ3v) is 4.37. The zero-order chi connectivity index (χ0) is 19.4. The normalized spacial score (nSPS) is 12.9. The number of nitrogens with one attached hydrogen (secondary N) is 3. The number of H-pyrrole nitrogens is 1. The van der Waals surface area contributed by atoms with Gasteiger partial charge in [0.2, 0.25) is 5.96 Å². The number of benzene rings is 1. The molecule has 140 valence electrons. The molecule has 3 rings (SSSR count). The largest absolute Gasteiger partial charge is 0.386 e. The van der Waals surface area contributed by atoms with Crippen molar-refractivity contribution in [3.63, 3.8) is 0 Å². The molecule has 0 aliphatic carbocycles. The van der Waals surface area contributed by atoms with Crippen LogP contribution >= 0.6 is 0 Å². The molecule has 0 saturated heterocycles. The van der Waals surface area contributed by atoms with E-state index in [1.165, 1.54) is 0 Å². The van der Waals surface area contributed by atoms with Gasteiger partial charge in [-0.1, -0.05) is 18.2 Å². The maximum absolute atomic E-state index is 4.75. The summed E-state index contributed by atoms with van der Waals surface area (Å²) >= 11 is 0. The lowest BCUT2D eigenvalue weighted by atomic mass is 10.1. The summed E-state index contributed by atoms with van der Waals surface area (Å²) in [6, 6.07) is 8.11. The van der Waals surface area contributed by atoms with Gasteiger partial charge in [0.25, 0.3) is 0 Å². The number of anilines is 2. The molecule has 7 nitrogen and oxygen atoms in total. The second kappa shape index (κ2) is 7.90. The van der Waals surface area contributed by atoms with Crippen LogP contribution in [-0.4, -0.2) is 34.0 Å². The SMILES string of the molecule is C\C=N/C(=N\C(=C\C)c1c[nH]c2c(NC)cccc12)Nc1cc(C)n(C)n1. The fourth-order valence-corrected chi connectivity index (χ4v) is 2.92. The summed E-state index contributed by atoms with van der Waals surface area (Å²) in [4.78, 5) is 12.5. The Balaban J connectivity index is 2.00. The Morgan fingerprint density at radius 1 is 1.30 bits per heavy atom. The highest BCUT2D eigenvalue weighted by Crippen LogP contribution is 2.30. The van der Waals surface area contributed by atoms with Gasteiger partial charge in [-0.15, -0.1) is 0 Å². The topological polar surface area (TPSA) is 82.4 Å². The summed E-state index contributed by atoms with van der Waals surface area (Å²) in [5.41, 5.74) is 5.01. The molecule has 7 heteroatoms. The fourth-order valence-electron chi connectivity index (χ4n) is 2.92. The molecule has 0 unspecified atom stereocenters. The first-order valence-electron chi connectivity index (χ1n) is 8.87. The molecule has 2 aromatic heterocycles. The Labute approximate surface area is 158 Å². The van der Waals surface area contributed by atoms with Crippen LogP contribution in [0.25, 0.3) is 16.6 Å². The first kappa shape index (κ1) is 18.4. The average molecular weight is 363 g/mol. The molecule has 0 fully saturated rings. The molecular weight excluding hydrogens is 338 g/mol. The van der Waals surface area contributed by atoms with Gasteiger partial charge in [0.05, 0.1) is 16.9 Å². The molecule has 0 spiro atoms. The van der Waals surface area contributed by atoms with Crippen molar-refractivity contribution in [1.29, 1.82) is 0 Å². The van der Waals surface area contributed by atoms with Gasteiger partial charge in [0, 0.05) is 49.2 Å². The van der Waals surface area contributed by atoms with Gasteiger partial charge in [-0.2, -0.15) is 5.10 Å². The molecule has 1 aromatic carbocycles. The third kappa shape index (κ3) is 3.76. The predicted molar refractivity (Wildman–Crippen MR) is 115 cm³/mol. The molecule has 3 N–H and O–H groups in total. The van der Waals surface area contributed by atoms with Crippen LogP contribution < -0.4 is 10.6 Å². The summed E-state index contributed by atoms with van der Waals surface area (Å²) in [6.45, 7) is 5.83. The second-order valence-corrected chi connectivity index (χ2v) is 6.10. The maximum atomic E-state index is 4.75. The number of rotatable bonds is 4. The average Bonchev–Trinajstić information content (AvgIpc) is 3.22. The molecule has 27 heavy (non-hydrogen) atoms.